The number of piperidine rings is 1. The Kier molecular flexibility index (Phi) is 5.71. The van der Waals surface area contributed by atoms with Gasteiger partial charge in [0.15, 0.2) is 5.65 Å². The molecular weight excluding hydrogens is 484 g/mol. The molecule has 0 bridgehead atoms. The predicted molar refractivity (Wildman–Crippen MR) is 137 cm³/mol. The number of halogens is 1. The summed E-state index contributed by atoms with van der Waals surface area (Å²) in [4.78, 5) is 26.9. The third kappa shape index (κ3) is 3.60. The molecule has 0 saturated carbocycles. The van der Waals surface area contributed by atoms with Crippen LogP contribution < -0.4 is 21.1 Å². The number of hydrogen-bond acceptors (Lipinski definition) is 9. The van der Waals surface area contributed by atoms with Crippen LogP contribution in [0, 0.1) is 5.41 Å². The smallest absolute Gasteiger partial charge is 0.266 e. The van der Waals surface area contributed by atoms with Gasteiger partial charge in [0.05, 0.1) is 23.8 Å². The van der Waals surface area contributed by atoms with Gasteiger partial charge in [0, 0.05) is 56.4 Å². The average Bonchev–Trinajstić information content (AvgIpc) is 3.57. The first kappa shape index (κ1) is 23.7. The monoisotopic (exact) mass is 514 g/mol. The van der Waals surface area contributed by atoms with Gasteiger partial charge in [0.25, 0.3) is 5.56 Å². The predicted octanol–water partition coefficient (Wildman–Crippen LogP) is 1.28. The zero-order valence-electron chi connectivity index (χ0n) is 20.4. The van der Waals surface area contributed by atoms with Crippen LogP contribution in [0.3, 0.4) is 0 Å². The lowest BCUT2D eigenvalue weighted by Gasteiger charge is -2.41. The molecule has 3 atom stereocenters. The Labute approximate surface area is 213 Å². The Morgan fingerprint density at radius 1 is 1.28 bits per heavy atom. The number of rotatable bonds is 3. The minimum Gasteiger partial charge on any atom is -0.391 e. The zero-order valence-corrected chi connectivity index (χ0v) is 21.2. The zero-order chi connectivity index (χ0) is 25.2. The number of nitrogens with one attached hydrogen (secondary N) is 1. The van der Waals surface area contributed by atoms with E-state index >= 15 is 0 Å². The Morgan fingerprint density at radius 2 is 2.06 bits per heavy atom. The number of anilines is 2. The van der Waals surface area contributed by atoms with Gasteiger partial charge < -0.3 is 25.4 Å². The van der Waals surface area contributed by atoms with Crippen molar-refractivity contribution >= 4 is 34.4 Å². The SMILES string of the molecule is C[C@@H]1OCC2(CCN(c3nc4[nH]nc(-c5ccnc(N6CC[C@@H](O)C6)c5Cl)c4c(=O)n3C)CC2)[C@@H]1N. The number of hydrogen-bond donors (Lipinski definition) is 3. The van der Waals surface area contributed by atoms with Crippen LogP contribution in [0.25, 0.3) is 22.3 Å². The van der Waals surface area contributed by atoms with Crippen molar-refractivity contribution in [1.29, 1.82) is 0 Å². The Balaban J connectivity index is 1.33. The van der Waals surface area contributed by atoms with Crippen molar-refractivity contribution in [2.45, 2.75) is 44.4 Å². The van der Waals surface area contributed by atoms with E-state index in [1.807, 2.05) is 11.8 Å². The van der Waals surface area contributed by atoms with Gasteiger partial charge >= 0.3 is 0 Å². The maximum Gasteiger partial charge on any atom is 0.266 e. The molecule has 3 aromatic rings. The van der Waals surface area contributed by atoms with Crippen molar-refractivity contribution in [2.75, 3.05) is 42.6 Å². The number of aliphatic hydroxyl groups excluding tert-OH is 1. The number of nitrogens with zero attached hydrogens (tertiary/aromatic N) is 6. The van der Waals surface area contributed by atoms with Gasteiger partial charge in [-0.2, -0.15) is 10.1 Å². The lowest BCUT2D eigenvalue weighted by atomic mass is 9.73. The Hall–Kier alpha value is -2.73. The van der Waals surface area contributed by atoms with Gasteiger partial charge in [-0.05, 0) is 32.3 Å². The number of ether oxygens (including phenoxy) is 1. The van der Waals surface area contributed by atoms with Crippen LogP contribution in [0.5, 0.6) is 0 Å². The van der Waals surface area contributed by atoms with E-state index in [1.54, 1.807) is 23.9 Å². The van der Waals surface area contributed by atoms with Crippen LogP contribution >= 0.6 is 11.6 Å². The fourth-order valence-electron chi connectivity index (χ4n) is 5.92. The first-order valence-electron chi connectivity index (χ1n) is 12.4. The molecule has 4 N–H and O–H groups in total. The van der Waals surface area contributed by atoms with E-state index in [1.165, 1.54) is 0 Å². The summed E-state index contributed by atoms with van der Waals surface area (Å²) >= 11 is 6.76. The van der Waals surface area contributed by atoms with Crippen LogP contribution in [-0.4, -0.2) is 80.9 Å². The van der Waals surface area contributed by atoms with Crippen molar-refractivity contribution in [2.24, 2.45) is 18.2 Å². The summed E-state index contributed by atoms with van der Waals surface area (Å²) < 4.78 is 7.43. The molecule has 3 saturated heterocycles. The van der Waals surface area contributed by atoms with Gasteiger partial charge in [-0.15, -0.1) is 0 Å². The fourth-order valence-corrected chi connectivity index (χ4v) is 6.24. The minimum absolute atomic E-state index is 0.0127. The maximum absolute atomic E-state index is 13.6. The maximum atomic E-state index is 13.6. The van der Waals surface area contributed by atoms with Crippen LogP contribution in [0.2, 0.25) is 5.02 Å². The first-order valence-corrected chi connectivity index (χ1v) is 12.8. The van der Waals surface area contributed by atoms with Gasteiger partial charge in [0.1, 0.15) is 16.9 Å². The third-order valence-corrected chi connectivity index (χ3v) is 8.63. The summed E-state index contributed by atoms with van der Waals surface area (Å²) in [5.74, 6) is 1.18. The molecule has 3 fully saturated rings. The van der Waals surface area contributed by atoms with Gasteiger partial charge in [-0.3, -0.25) is 14.5 Å². The molecule has 6 rings (SSSR count). The Morgan fingerprint density at radius 3 is 2.72 bits per heavy atom. The standard InChI is InChI=1S/C24H31ClN8O3/c1-13-19(26)24(12-36-13)5-9-32(10-6-24)23-28-20-16(22(35)31(23)2)18(29-30-20)15-3-7-27-21(17(15)25)33-8-4-14(34)11-33/h3,7,13-14,19,34H,4-6,8-12,26H2,1-2H3,(H,29,30)/t13-,14+,19+/m0/s1. The second kappa shape index (κ2) is 8.69. The molecule has 36 heavy (non-hydrogen) atoms. The van der Waals surface area contributed by atoms with Gasteiger partial charge in [-0.25, -0.2) is 4.98 Å². The number of aromatic amines is 1. The van der Waals surface area contributed by atoms with E-state index in [4.69, 9.17) is 27.1 Å². The van der Waals surface area contributed by atoms with E-state index in [0.29, 0.717) is 65.2 Å². The van der Waals surface area contributed by atoms with Crippen molar-refractivity contribution in [3.8, 4) is 11.3 Å². The molecule has 6 heterocycles. The second-order valence-electron chi connectivity index (χ2n) is 10.3. The lowest BCUT2D eigenvalue weighted by molar-refractivity contribution is 0.0973. The fraction of sp³-hybridized carbons (Fsp3) is 0.583. The Bertz CT molecular complexity index is 1370. The highest BCUT2D eigenvalue weighted by Gasteiger charge is 2.47. The number of β-amino-alcohol motifs (C(OH)–C–C–N with tert-alkyl or cyclic N) is 1. The van der Waals surface area contributed by atoms with Crippen LogP contribution in [0.15, 0.2) is 17.1 Å². The molecule has 192 valence electrons. The molecule has 12 heteroatoms. The first-order chi connectivity index (χ1) is 17.3. The molecular formula is C24H31ClN8O3. The van der Waals surface area contributed by atoms with Crippen molar-refractivity contribution in [3.05, 3.63) is 27.6 Å². The lowest BCUT2D eigenvalue weighted by Crippen LogP contribution is -2.51. The quantitative estimate of drug-likeness (QED) is 0.471. The van der Waals surface area contributed by atoms with Gasteiger partial charge in [-0.1, -0.05) is 11.6 Å². The largest absolute Gasteiger partial charge is 0.391 e. The van der Waals surface area contributed by atoms with Gasteiger partial charge in [0.2, 0.25) is 5.95 Å². The number of nitrogens with two attached hydrogens (primary N) is 1. The van der Waals surface area contributed by atoms with E-state index in [9.17, 15) is 9.90 Å². The molecule has 3 aliphatic rings. The summed E-state index contributed by atoms with van der Waals surface area (Å²) in [6.45, 7) is 5.35. The average molecular weight is 515 g/mol. The van der Waals surface area contributed by atoms with Crippen LogP contribution in [0.4, 0.5) is 11.8 Å². The molecule has 0 aromatic carbocycles. The molecule has 0 amide bonds. The summed E-state index contributed by atoms with van der Waals surface area (Å²) in [5, 5.41) is 18.1. The highest BCUT2D eigenvalue weighted by molar-refractivity contribution is 6.36. The summed E-state index contributed by atoms with van der Waals surface area (Å²) in [6, 6.07) is 1.77. The molecule has 0 unspecified atom stereocenters. The van der Waals surface area contributed by atoms with Crippen LogP contribution in [0.1, 0.15) is 26.2 Å². The molecule has 3 aromatic heterocycles. The second-order valence-corrected chi connectivity index (χ2v) is 10.7. The summed E-state index contributed by atoms with van der Waals surface area (Å²) in [5.41, 5.74) is 7.73. The number of H-pyrrole nitrogens is 1. The highest BCUT2D eigenvalue weighted by atomic mass is 35.5. The third-order valence-electron chi connectivity index (χ3n) is 8.25. The molecule has 1 spiro atoms. The molecule has 0 radical (unpaired) electrons. The van der Waals surface area contributed by atoms with E-state index in [-0.39, 0.29) is 23.1 Å². The van der Waals surface area contributed by atoms with Crippen molar-refractivity contribution in [1.82, 2.24) is 24.7 Å². The number of aliphatic hydroxyl groups is 1. The van der Waals surface area contributed by atoms with Crippen LogP contribution in [-0.2, 0) is 11.8 Å². The molecule has 11 nitrogen and oxygen atoms in total. The number of pyridine rings is 1. The topological polar surface area (TPSA) is 138 Å². The number of fused-ring (bicyclic) bond motifs is 1. The van der Waals surface area contributed by atoms with Crippen molar-refractivity contribution < 1.29 is 9.84 Å². The summed E-state index contributed by atoms with van der Waals surface area (Å²) in [7, 11) is 1.74. The molecule has 0 aliphatic carbocycles. The molecule has 3 aliphatic heterocycles. The van der Waals surface area contributed by atoms with E-state index in [0.717, 1.165) is 25.9 Å². The number of aromatic nitrogens is 5. The van der Waals surface area contributed by atoms with Crippen molar-refractivity contribution in [3.63, 3.8) is 0 Å². The van der Waals surface area contributed by atoms with E-state index in [2.05, 4.69) is 20.1 Å². The highest BCUT2D eigenvalue weighted by Crippen LogP contribution is 2.42. The normalized spacial score (nSPS) is 26.0. The van der Waals surface area contributed by atoms with E-state index < -0.39 is 6.10 Å². The minimum atomic E-state index is -0.405. The summed E-state index contributed by atoms with van der Waals surface area (Å²) in [6.07, 6.45) is 3.75.